The number of nitrogens with zero attached hydrogens (tertiary/aromatic N) is 1. The molecule has 3 aliphatic rings. The summed E-state index contributed by atoms with van der Waals surface area (Å²) in [5.41, 5.74) is -0.433. The van der Waals surface area contributed by atoms with Gasteiger partial charge in [-0.3, -0.25) is 9.59 Å². The Balaban J connectivity index is 1.34. The minimum Gasteiger partial charge on any atom is -0.350 e. The number of hydrogen-bond donors (Lipinski definition) is 1. The minimum absolute atomic E-state index is 0.189. The predicted octanol–water partition coefficient (Wildman–Crippen LogP) is 2.76. The van der Waals surface area contributed by atoms with Crippen LogP contribution in [0, 0.1) is 17.3 Å². The van der Waals surface area contributed by atoms with Crippen LogP contribution in [0.3, 0.4) is 0 Å². The molecule has 1 unspecified atom stereocenters. The van der Waals surface area contributed by atoms with Crippen molar-refractivity contribution in [3.05, 3.63) is 22.4 Å². The topological polar surface area (TPSA) is 49.4 Å². The Morgan fingerprint density at radius 2 is 2.08 bits per heavy atom. The predicted molar refractivity (Wildman–Crippen MR) is 86.1 cm³/mol. The Morgan fingerprint density at radius 3 is 2.62 bits per heavy atom. The molecule has 7 heteroatoms. The highest BCUT2D eigenvalue weighted by Gasteiger charge is 2.89. The highest BCUT2D eigenvalue weighted by atomic mass is 32.1. The normalized spacial score (nSPS) is 25.3. The molecule has 1 atom stereocenters. The van der Waals surface area contributed by atoms with Crippen LogP contribution in [0.4, 0.5) is 8.78 Å². The lowest BCUT2D eigenvalue weighted by atomic mass is 10.2. The van der Waals surface area contributed by atoms with Crippen LogP contribution in [0.25, 0.3) is 0 Å². The first-order valence-electron chi connectivity index (χ1n) is 8.43. The van der Waals surface area contributed by atoms with Gasteiger partial charge >= 0.3 is 0 Å². The zero-order chi connectivity index (χ0) is 16.9. The van der Waals surface area contributed by atoms with Crippen molar-refractivity contribution in [2.24, 2.45) is 17.3 Å². The highest BCUT2D eigenvalue weighted by Crippen LogP contribution is 2.80. The van der Waals surface area contributed by atoms with Crippen LogP contribution in [0.1, 0.15) is 36.0 Å². The van der Waals surface area contributed by atoms with Crippen LogP contribution < -0.4 is 5.32 Å². The maximum Gasteiger partial charge on any atom is 0.266 e. The molecule has 0 aromatic carbocycles. The first-order chi connectivity index (χ1) is 11.5. The Labute approximate surface area is 143 Å². The molecule has 0 bridgehead atoms. The average Bonchev–Trinajstić information content (AvgIpc) is 3.49. The number of hydrogen-bond acceptors (Lipinski definition) is 3. The van der Waals surface area contributed by atoms with Gasteiger partial charge in [0.2, 0.25) is 5.91 Å². The number of halogens is 2. The van der Waals surface area contributed by atoms with Gasteiger partial charge in [-0.1, -0.05) is 0 Å². The largest absolute Gasteiger partial charge is 0.350 e. The van der Waals surface area contributed by atoms with E-state index in [0.717, 1.165) is 12.8 Å². The standard InChI is InChI=1S/C17H20F2N2O2S/c18-17(19)13(16(17)4-5-16)15(23)21(9-11-1-2-11)7-6-20-14(22)12-3-8-24-10-12/h3,8,10-11,13H,1-2,4-7,9H2,(H,20,22). The van der Waals surface area contributed by atoms with Crippen molar-refractivity contribution < 1.29 is 18.4 Å². The molecule has 1 aromatic rings. The summed E-state index contributed by atoms with van der Waals surface area (Å²) < 4.78 is 27.8. The number of carbonyl (C=O) groups is 2. The van der Waals surface area contributed by atoms with Gasteiger partial charge in [0.15, 0.2) is 0 Å². The zero-order valence-corrected chi connectivity index (χ0v) is 14.1. The molecule has 1 aromatic heterocycles. The molecule has 1 spiro atoms. The van der Waals surface area contributed by atoms with E-state index >= 15 is 0 Å². The Morgan fingerprint density at radius 1 is 1.33 bits per heavy atom. The molecule has 3 saturated carbocycles. The van der Waals surface area contributed by atoms with Gasteiger partial charge in [0.25, 0.3) is 11.8 Å². The first-order valence-corrected chi connectivity index (χ1v) is 9.37. The van der Waals surface area contributed by atoms with Gasteiger partial charge in [-0.05, 0) is 43.0 Å². The maximum atomic E-state index is 13.9. The van der Waals surface area contributed by atoms with E-state index in [1.807, 2.05) is 5.38 Å². The van der Waals surface area contributed by atoms with Gasteiger partial charge in [0.1, 0.15) is 5.92 Å². The van der Waals surface area contributed by atoms with E-state index in [2.05, 4.69) is 5.32 Å². The molecule has 1 heterocycles. The van der Waals surface area contributed by atoms with Crippen molar-refractivity contribution in [2.75, 3.05) is 19.6 Å². The van der Waals surface area contributed by atoms with Gasteiger partial charge in [-0.2, -0.15) is 11.3 Å². The van der Waals surface area contributed by atoms with E-state index in [4.69, 9.17) is 0 Å². The lowest BCUT2D eigenvalue weighted by Gasteiger charge is -2.23. The van der Waals surface area contributed by atoms with Crippen molar-refractivity contribution in [1.82, 2.24) is 10.2 Å². The highest BCUT2D eigenvalue weighted by molar-refractivity contribution is 7.08. The maximum absolute atomic E-state index is 13.9. The molecule has 2 amide bonds. The second kappa shape index (κ2) is 5.51. The Hall–Kier alpha value is -1.50. The third-order valence-corrected chi connectivity index (χ3v) is 6.15. The second-order valence-electron chi connectivity index (χ2n) is 7.21. The molecule has 0 radical (unpaired) electrons. The van der Waals surface area contributed by atoms with Crippen molar-refractivity contribution in [1.29, 1.82) is 0 Å². The molecule has 3 aliphatic carbocycles. The summed E-state index contributed by atoms with van der Waals surface area (Å²) in [6, 6.07) is 1.73. The summed E-state index contributed by atoms with van der Waals surface area (Å²) in [6.07, 6.45) is 3.03. The minimum atomic E-state index is -2.83. The van der Waals surface area contributed by atoms with Gasteiger partial charge in [-0.15, -0.1) is 0 Å². The summed E-state index contributed by atoms with van der Waals surface area (Å²) in [4.78, 5) is 26.1. The molecule has 1 N–H and O–H groups in total. The zero-order valence-electron chi connectivity index (χ0n) is 13.3. The quantitative estimate of drug-likeness (QED) is 0.819. The molecule has 130 valence electrons. The van der Waals surface area contributed by atoms with Crippen LogP contribution in [-0.4, -0.2) is 42.3 Å². The molecule has 24 heavy (non-hydrogen) atoms. The SMILES string of the molecule is O=C(NCCN(CC1CC1)C(=O)C1C(F)(F)C12CC2)c1ccsc1. The van der Waals surface area contributed by atoms with Crippen LogP contribution in [0.2, 0.25) is 0 Å². The van der Waals surface area contributed by atoms with Crippen molar-refractivity contribution in [2.45, 2.75) is 31.6 Å². The molecule has 0 saturated heterocycles. The monoisotopic (exact) mass is 354 g/mol. The number of nitrogens with one attached hydrogen (secondary N) is 1. The van der Waals surface area contributed by atoms with E-state index in [9.17, 15) is 18.4 Å². The first kappa shape index (κ1) is 16.0. The third-order valence-electron chi connectivity index (χ3n) is 5.47. The van der Waals surface area contributed by atoms with Gasteiger partial charge in [0, 0.05) is 30.6 Å². The van der Waals surface area contributed by atoms with Crippen LogP contribution >= 0.6 is 11.3 Å². The Kier molecular flexibility index (Phi) is 3.67. The lowest BCUT2D eigenvalue weighted by Crippen LogP contribution is -2.41. The van der Waals surface area contributed by atoms with Crippen molar-refractivity contribution in [3.8, 4) is 0 Å². The molecule has 4 nitrogen and oxygen atoms in total. The van der Waals surface area contributed by atoms with Gasteiger partial charge < -0.3 is 10.2 Å². The van der Waals surface area contributed by atoms with E-state index in [1.54, 1.807) is 16.3 Å². The lowest BCUT2D eigenvalue weighted by molar-refractivity contribution is -0.135. The fourth-order valence-corrected chi connectivity index (χ4v) is 4.18. The third kappa shape index (κ3) is 2.62. The average molecular weight is 354 g/mol. The van der Waals surface area contributed by atoms with Crippen molar-refractivity contribution in [3.63, 3.8) is 0 Å². The van der Waals surface area contributed by atoms with E-state index < -0.39 is 23.2 Å². The summed E-state index contributed by atoms with van der Waals surface area (Å²) in [6.45, 7) is 1.13. The van der Waals surface area contributed by atoms with Crippen LogP contribution in [-0.2, 0) is 4.79 Å². The fourth-order valence-electron chi connectivity index (χ4n) is 3.54. The van der Waals surface area contributed by atoms with E-state index in [1.165, 1.54) is 11.3 Å². The van der Waals surface area contributed by atoms with E-state index in [-0.39, 0.29) is 5.91 Å². The number of amides is 2. The molecular formula is C17H20F2N2O2S. The molecule has 3 fully saturated rings. The van der Waals surface area contributed by atoms with Crippen molar-refractivity contribution >= 4 is 23.2 Å². The molecular weight excluding hydrogens is 334 g/mol. The summed E-state index contributed by atoms with van der Waals surface area (Å²) in [5.74, 6) is -4.13. The van der Waals surface area contributed by atoms with Gasteiger partial charge in [0.05, 0.1) is 5.41 Å². The summed E-state index contributed by atoms with van der Waals surface area (Å²) >= 11 is 1.44. The van der Waals surface area contributed by atoms with Crippen LogP contribution in [0.5, 0.6) is 0 Å². The smallest absolute Gasteiger partial charge is 0.266 e. The van der Waals surface area contributed by atoms with Gasteiger partial charge in [-0.25, -0.2) is 8.78 Å². The number of carbonyl (C=O) groups excluding carboxylic acids is 2. The van der Waals surface area contributed by atoms with Crippen LogP contribution in [0.15, 0.2) is 16.8 Å². The van der Waals surface area contributed by atoms with E-state index in [0.29, 0.717) is 44.0 Å². The number of alkyl halides is 2. The Bertz CT molecular complexity index is 650. The molecule has 0 aliphatic heterocycles. The second-order valence-corrected chi connectivity index (χ2v) is 7.99. The fraction of sp³-hybridized carbons (Fsp3) is 0.647. The summed E-state index contributed by atoms with van der Waals surface area (Å²) in [5, 5.41) is 6.34. The number of rotatable bonds is 7. The summed E-state index contributed by atoms with van der Waals surface area (Å²) in [7, 11) is 0. The molecule has 4 rings (SSSR count). The number of thiophene rings is 1.